The molecule has 0 atom stereocenters. The van der Waals surface area contributed by atoms with Crippen molar-refractivity contribution >= 4 is 63.7 Å². The van der Waals surface area contributed by atoms with Crippen LogP contribution < -0.4 is 47.4 Å². The minimum Gasteiger partial charge on any atom is -0.496 e. The van der Waals surface area contributed by atoms with Crippen molar-refractivity contribution in [3.8, 4) is 57.5 Å². The first kappa shape index (κ1) is 48.5. The van der Waals surface area contributed by atoms with E-state index in [1.54, 1.807) is 42.7 Å². The Kier molecular flexibility index (Phi) is 18.3. The number of rotatable bonds is 18. The zero-order valence-corrected chi connectivity index (χ0v) is 42.9. The fraction of sp³-hybridized carbons (Fsp3) is 0.388. The van der Waals surface area contributed by atoms with Crippen molar-refractivity contribution in [1.82, 2.24) is 0 Å². The van der Waals surface area contributed by atoms with E-state index in [0.717, 1.165) is 78.6 Å². The molecule has 10 nitrogen and oxygen atoms in total. The molecule has 0 amide bonds. The van der Waals surface area contributed by atoms with Crippen molar-refractivity contribution in [2.75, 3.05) is 90.4 Å². The average Bonchev–Trinajstić information content (AvgIpc) is 3.30. The molecule has 0 N–H and O–H groups in total. The first-order chi connectivity index (χ1) is 30.7. The summed E-state index contributed by atoms with van der Waals surface area (Å²) in [4.78, 5) is 0. The van der Waals surface area contributed by atoms with Crippen molar-refractivity contribution in [1.29, 1.82) is 0 Å². The summed E-state index contributed by atoms with van der Waals surface area (Å²) in [6.45, 7) is 1.85. The monoisotopic (exact) mass is 1120 g/mol. The minimum atomic E-state index is 0.463. The number of halogens is 4. The van der Waals surface area contributed by atoms with Crippen LogP contribution in [0.3, 0.4) is 0 Å². The molecular weight excluding hydrogens is 1070 g/mol. The van der Waals surface area contributed by atoms with E-state index in [1.165, 1.54) is 0 Å². The molecule has 5 aromatic rings. The van der Waals surface area contributed by atoms with Gasteiger partial charge in [-0.3, -0.25) is 0 Å². The summed E-state index contributed by atoms with van der Waals surface area (Å²) in [5.41, 5.74) is 9.31. The Hall–Kier alpha value is -3.98. The highest BCUT2D eigenvalue weighted by Gasteiger charge is 2.24. The van der Waals surface area contributed by atoms with Gasteiger partial charge in [0.1, 0.15) is 57.5 Å². The van der Waals surface area contributed by atoms with Crippen LogP contribution in [-0.4, -0.2) is 90.4 Å². The maximum absolute atomic E-state index is 6.50. The van der Waals surface area contributed by atoms with E-state index >= 15 is 0 Å². The van der Waals surface area contributed by atoms with Crippen LogP contribution >= 0.6 is 63.7 Å². The molecule has 0 radical (unpaired) electrons. The molecule has 14 heteroatoms. The lowest BCUT2D eigenvalue weighted by atomic mass is 9.94. The number of hydrogen-bond acceptors (Lipinski definition) is 10. The van der Waals surface area contributed by atoms with Gasteiger partial charge in [-0.1, -0.05) is 63.7 Å². The molecule has 10 aliphatic carbocycles. The lowest BCUT2D eigenvalue weighted by molar-refractivity contribution is 0.326. The molecule has 0 saturated heterocycles. The lowest BCUT2D eigenvalue weighted by Crippen LogP contribution is -2.09. The minimum absolute atomic E-state index is 0.463. The smallest absolute Gasteiger partial charge is 0.123 e. The number of methoxy groups -OCH3 is 6. The van der Waals surface area contributed by atoms with Crippen molar-refractivity contribution < 1.29 is 47.4 Å². The summed E-state index contributed by atoms with van der Waals surface area (Å²) >= 11 is 14.3. The van der Waals surface area contributed by atoms with Crippen LogP contribution in [0.5, 0.6) is 57.5 Å². The number of benzene rings is 5. The fourth-order valence-electron chi connectivity index (χ4n) is 7.90. The Bertz CT molecular complexity index is 2180. The molecule has 0 unspecified atom stereocenters. The van der Waals surface area contributed by atoms with E-state index in [0.29, 0.717) is 114 Å². The van der Waals surface area contributed by atoms with Gasteiger partial charge in [0.15, 0.2) is 0 Å². The molecule has 0 aromatic heterocycles. The van der Waals surface area contributed by atoms with Gasteiger partial charge in [0.05, 0.1) is 69.1 Å². The summed E-state index contributed by atoms with van der Waals surface area (Å²) in [6.07, 6.45) is 2.44. The molecule has 63 heavy (non-hydrogen) atoms. The average molecular weight is 1120 g/mol. The third-order valence-corrected chi connectivity index (χ3v) is 12.1. The quantitative estimate of drug-likeness (QED) is 0.0775. The van der Waals surface area contributed by atoms with E-state index < -0.39 is 0 Å². The molecule has 0 heterocycles. The maximum Gasteiger partial charge on any atom is 0.123 e. The Labute approximate surface area is 404 Å². The van der Waals surface area contributed by atoms with Gasteiger partial charge in [0.2, 0.25) is 0 Å². The Balaban J connectivity index is 1.64. The highest BCUT2D eigenvalue weighted by molar-refractivity contribution is 9.09. The second-order valence-corrected chi connectivity index (χ2v) is 17.8. The molecule has 338 valence electrons. The summed E-state index contributed by atoms with van der Waals surface area (Å²) in [5, 5.41) is 2.63. The van der Waals surface area contributed by atoms with Gasteiger partial charge in [0.25, 0.3) is 0 Å². The van der Waals surface area contributed by atoms with Crippen molar-refractivity contribution in [2.45, 2.75) is 32.1 Å². The molecule has 10 bridgehead atoms. The van der Waals surface area contributed by atoms with E-state index in [1.807, 2.05) is 36.4 Å². The normalized spacial score (nSPS) is 12.2. The highest BCUT2D eigenvalue weighted by Crippen LogP contribution is 2.42. The van der Waals surface area contributed by atoms with Gasteiger partial charge < -0.3 is 47.4 Å². The van der Waals surface area contributed by atoms with E-state index in [2.05, 4.69) is 88.0 Å². The van der Waals surface area contributed by atoms with Crippen molar-refractivity contribution in [3.05, 3.63) is 116 Å². The number of ether oxygens (including phenoxy) is 10. The van der Waals surface area contributed by atoms with Crippen LogP contribution in [0.1, 0.15) is 55.6 Å². The first-order valence-corrected chi connectivity index (χ1v) is 25.0. The zero-order valence-electron chi connectivity index (χ0n) is 36.6. The van der Waals surface area contributed by atoms with Crippen molar-refractivity contribution in [2.24, 2.45) is 0 Å². The van der Waals surface area contributed by atoms with E-state index in [-0.39, 0.29) is 0 Å². The van der Waals surface area contributed by atoms with Crippen LogP contribution in [0.2, 0.25) is 0 Å². The highest BCUT2D eigenvalue weighted by atomic mass is 79.9. The van der Waals surface area contributed by atoms with Gasteiger partial charge in [-0.2, -0.15) is 0 Å². The molecule has 0 spiro atoms. The van der Waals surface area contributed by atoms with Crippen molar-refractivity contribution in [3.63, 3.8) is 0 Å². The second-order valence-electron chi connectivity index (χ2n) is 14.6. The fourth-order valence-corrected chi connectivity index (χ4v) is 8.55. The zero-order chi connectivity index (χ0) is 44.9. The standard InChI is InChI=1S/C49H54Br4O10/c1-54-40-20-31-16-33-23-45(59-6)35(25-43(33)57-4)18-37-27-49(63-14-10-53)39(29-47(37)61-12-8-51)19-38-28-46(60-11-7-50)36(26-48(38)62-13-9-52)17-34-24-42(56-3)32(22-44(34)58-5)15-30(40)21-41(31)55-2/h20-29H,7-19H2,1-6H3. The Morgan fingerprint density at radius 2 is 0.413 bits per heavy atom. The van der Waals surface area contributed by atoms with Gasteiger partial charge in [-0.05, 0) is 60.7 Å². The van der Waals surface area contributed by atoms with Gasteiger partial charge in [0, 0.05) is 109 Å². The summed E-state index contributed by atoms with van der Waals surface area (Å²) < 4.78 is 62.4. The Morgan fingerprint density at radius 1 is 0.270 bits per heavy atom. The van der Waals surface area contributed by atoms with E-state index in [4.69, 9.17) is 47.4 Å². The van der Waals surface area contributed by atoms with Gasteiger partial charge in [-0.25, -0.2) is 0 Å². The van der Waals surface area contributed by atoms with E-state index in [9.17, 15) is 0 Å². The number of hydrogen-bond donors (Lipinski definition) is 0. The third-order valence-electron chi connectivity index (χ3n) is 10.8. The summed E-state index contributed by atoms with van der Waals surface area (Å²) in [6, 6.07) is 20.6. The first-order valence-electron chi connectivity index (χ1n) is 20.5. The molecule has 5 aromatic carbocycles. The maximum atomic E-state index is 6.50. The van der Waals surface area contributed by atoms with Crippen LogP contribution in [0.4, 0.5) is 0 Å². The molecule has 15 rings (SSSR count). The van der Waals surface area contributed by atoms with Crippen LogP contribution in [0, 0.1) is 0 Å². The lowest BCUT2D eigenvalue weighted by Gasteiger charge is -2.21. The van der Waals surface area contributed by atoms with Gasteiger partial charge >= 0.3 is 0 Å². The summed E-state index contributed by atoms with van der Waals surface area (Å²) in [7, 11) is 10.1. The molecule has 0 fully saturated rings. The number of alkyl halides is 4. The van der Waals surface area contributed by atoms with Crippen LogP contribution in [-0.2, 0) is 32.1 Å². The Morgan fingerprint density at radius 3 is 0.556 bits per heavy atom. The predicted molar refractivity (Wildman–Crippen MR) is 263 cm³/mol. The molecule has 0 saturated carbocycles. The molecular formula is C49H54Br4O10. The second kappa shape index (κ2) is 23.8. The third kappa shape index (κ3) is 11.8. The largest absolute Gasteiger partial charge is 0.496 e. The summed E-state index contributed by atoms with van der Waals surface area (Å²) in [5.74, 6) is 7.24. The predicted octanol–water partition coefficient (Wildman–Crippen LogP) is 11.1. The topological polar surface area (TPSA) is 92.3 Å². The molecule has 0 aliphatic heterocycles. The van der Waals surface area contributed by atoms with Gasteiger partial charge in [-0.15, -0.1) is 0 Å². The molecule has 10 aliphatic rings. The van der Waals surface area contributed by atoms with Crippen LogP contribution in [0.15, 0.2) is 60.7 Å². The van der Waals surface area contributed by atoms with Crippen LogP contribution in [0.25, 0.3) is 0 Å². The SMILES string of the molecule is COc1cc2c(OC)cc1Cc1cc(OC)c(cc1OC)Cc1cc(OCCBr)c(cc1OCCBr)Cc1cc(OCCBr)c(cc1OCCBr)Cc1cc(OC)c(cc1OC)C2.